The molecule has 0 bridgehead atoms. The highest BCUT2D eigenvalue weighted by Crippen LogP contribution is 2.26. The molecule has 2 aromatic heterocycles. The fourth-order valence-electron chi connectivity index (χ4n) is 3.35. The molecule has 0 saturated carbocycles. The van der Waals surface area contributed by atoms with Gasteiger partial charge >= 0.3 is 11.9 Å². The lowest BCUT2D eigenvalue weighted by Gasteiger charge is -2.42. The van der Waals surface area contributed by atoms with Crippen molar-refractivity contribution in [3.05, 3.63) is 23.3 Å². The maximum absolute atomic E-state index is 11.9. The Hall–Kier alpha value is -3.38. The topological polar surface area (TPSA) is 146 Å². The molecule has 0 aromatic carbocycles. The van der Waals surface area contributed by atoms with Crippen LogP contribution in [0.5, 0.6) is 0 Å². The highest BCUT2D eigenvalue weighted by atomic mass is 16.1. The number of aromatic nitrogens is 6. The molecular formula is C20H26N8O4+2. The number of ketones is 4. The lowest BCUT2D eigenvalue weighted by molar-refractivity contribution is 0.0976. The highest BCUT2D eigenvalue weighted by molar-refractivity contribution is 5.95. The number of quaternary nitrogens is 2. The molecule has 1 aliphatic rings. The Morgan fingerprint density at radius 1 is 0.500 bits per heavy atom. The van der Waals surface area contributed by atoms with E-state index in [1.165, 1.54) is 27.7 Å². The van der Waals surface area contributed by atoms with Crippen molar-refractivity contribution in [1.82, 2.24) is 38.9 Å². The van der Waals surface area contributed by atoms with Gasteiger partial charge in [0.25, 0.3) is 0 Å². The summed E-state index contributed by atoms with van der Waals surface area (Å²) < 4.78 is 0.558. The summed E-state index contributed by atoms with van der Waals surface area (Å²) in [6.07, 6.45) is 0. The smallest absolute Gasteiger partial charge is 0.291 e. The maximum atomic E-state index is 11.9. The van der Waals surface area contributed by atoms with Crippen molar-refractivity contribution >= 4 is 35.0 Å². The van der Waals surface area contributed by atoms with Gasteiger partial charge in [0.05, 0.1) is 14.1 Å². The van der Waals surface area contributed by atoms with Crippen LogP contribution in [0.25, 0.3) is 0 Å². The van der Waals surface area contributed by atoms with Gasteiger partial charge in [0.15, 0.2) is 23.1 Å². The van der Waals surface area contributed by atoms with E-state index in [2.05, 4.69) is 29.9 Å². The fraction of sp³-hybridized carbons (Fsp3) is 0.500. The van der Waals surface area contributed by atoms with Crippen LogP contribution in [0, 0.1) is 0 Å². The maximum Gasteiger partial charge on any atom is 0.333 e. The molecule has 1 aliphatic heterocycles. The quantitative estimate of drug-likeness (QED) is 0.456. The van der Waals surface area contributed by atoms with Crippen LogP contribution < -0.4 is 8.97 Å². The zero-order valence-electron chi connectivity index (χ0n) is 19.0. The lowest BCUT2D eigenvalue weighted by Crippen LogP contribution is -2.66. The first-order valence-corrected chi connectivity index (χ1v) is 10.1. The molecule has 168 valence electrons. The van der Waals surface area contributed by atoms with E-state index in [1.54, 1.807) is 0 Å². The standard InChI is InChI=1S/C20H26N8O4/c1-11(29)15-21-16(12(2)30)24-19(23-15)27(5)7-9-28(6,10-8-27)20-25-17(13(3)31)22-18(26-20)14(4)32/h7-10H2,1-6H3/q+2. The molecule has 0 spiro atoms. The van der Waals surface area contributed by atoms with E-state index in [9.17, 15) is 19.2 Å². The molecule has 3 heterocycles. The van der Waals surface area contributed by atoms with Gasteiger partial charge in [0.1, 0.15) is 26.2 Å². The first-order valence-electron chi connectivity index (χ1n) is 10.1. The number of rotatable bonds is 6. The van der Waals surface area contributed by atoms with Gasteiger partial charge in [0, 0.05) is 27.7 Å². The minimum absolute atomic E-state index is 0.0444. The number of hydrogen-bond donors (Lipinski definition) is 0. The number of hydrogen-bond acceptors (Lipinski definition) is 10. The first kappa shape index (κ1) is 23.3. The van der Waals surface area contributed by atoms with Gasteiger partial charge in [-0.25, -0.2) is 9.97 Å². The van der Waals surface area contributed by atoms with Gasteiger partial charge in [-0.3, -0.25) is 28.1 Å². The third-order valence-corrected chi connectivity index (χ3v) is 5.65. The third kappa shape index (κ3) is 4.46. The molecule has 2 aromatic rings. The molecule has 12 nitrogen and oxygen atoms in total. The van der Waals surface area contributed by atoms with E-state index in [1.807, 2.05) is 14.1 Å². The summed E-state index contributed by atoms with van der Waals surface area (Å²) in [6.45, 7) is 7.50. The van der Waals surface area contributed by atoms with Crippen LogP contribution in [0.15, 0.2) is 0 Å². The van der Waals surface area contributed by atoms with Gasteiger partial charge in [0.2, 0.25) is 23.3 Å². The molecule has 0 aliphatic carbocycles. The van der Waals surface area contributed by atoms with E-state index in [0.29, 0.717) is 38.1 Å². The van der Waals surface area contributed by atoms with Crippen molar-refractivity contribution < 1.29 is 19.2 Å². The van der Waals surface area contributed by atoms with Crippen LogP contribution in [-0.2, 0) is 0 Å². The summed E-state index contributed by atoms with van der Waals surface area (Å²) in [4.78, 5) is 72.7. The first-order chi connectivity index (χ1) is 14.8. The van der Waals surface area contributed by atoms with Crippen LogP contribution in [0.1, 0.15) is 70.2 Å². The number of Topliss-reactive ketones (excluding diaryl/α,β-unsaturated/α-hetero) is 4. The average molecular weight is 442 g/mol. The van der Waals surface area contributed by atoms with Gasteiger partial charge in [-0.15, -0.1) is 0 Å². The second-order valence-corrected chi connectivity index (χ2v) is 8.48. The largest absolute Gasteiger partial charge is 0.333 e. The molecule has 0 unspecified atom stereocenters. The number of carbonyl (C=O) groups excluding carboxylic acids is 4. The Morgan fingerprint density at radius 3 is 0.906 bits per heavy atom. The Labute approximate surface area is 184 Å². The second-order valence-electron chi connectivity index (χ2n) is 8.48. The summed E-state index contributed by atoms with van der Waals surface area (Å²) in [5.41, 5.74) is 0. The van der Waals surface area contributed by atoms with E-state index in [0.717, 1.165) is 0 Å². The van der Waals surface area contributed by atoms with E-state index >= 15 is 0 Å². The molecule has 3 rings (SSSR count). The molecule has 0 amide bonds. The Bertz CT molecular complexity index is 984. The molecule has 32 heavy (non-hydrogen) atoms. The van der Waals surface area contributed by atoms with E-state index < -0.39 is 0 Å². The number of piperazine rings is 1. The normalized spacial score (nSPS) is 22.9. The lowest BCUT2D eigenvalue weighted by atomic mass is 10.2. The Kier molecular flexibility index (Phi) is 6.03. The van der Waals surface area contributed by atoms with Crippen LogP contribution in [0.3, 0.4) is 0 Å². The summed E-state index contributed by atoms with van der Waals surface area (Å²) in [5.74, 6) is -0.892. The van der Waals surface area contributed by atoms with Crippen LogP contribution in [0.2, 0.25) is 0 Å². The molecule has 1 saturated heterocycles. The van der Waals surface area contributed by atoms with E-state index in [-0.39, 0.29) is 55.4 Å². The minimum atomic E-state index is -0.348. The number of carbonyl (C=O) groups is 4. The van der Waals surface area contributed by atoms with Crippen molar-refractivity contribution in [3.8, 4) is 0 Å². The fourth-order valence-corrected chi connectivity index (χ4v) is 3.35. The van der Waals surface area contributed by atoms with Crippen LogP contribution >= 0.6 is 0 Å². The zero-order valence-corrected chi connectivity index (χ0v) is 19.0. The summed E-state index contributed by atoms with van der Waals surface area (Å²) in [6, 6.07) is 0. The SMILES string of the molecule is CC(=O)c1nc(C(C)=O)nc([N+]2(C)CC[N+](C)(c3nc(C(C)=O)nc(C(C)=O)n3)CC2)n1. The Balaban J connectivity index is 1.96. The molecular weight excluding hydrogens is 416 g/mol. The summed E-state index contributed by atoms with van der Waals surface area (Å²) in [7, 11) is 3.84. The summed E-state index contributed by atoms with van der Waals surface area (Å²) >= 11 is 0. The van der Waals surface area contributed by atoms with Crippen molar-refractivity contribution in [1.29, 1.82) is 0 Å². The molecule has 0 radical (unpaired) electrons. The third-order valence-electron chi connectivity index (χ3n) is 5.65. The molecule has 0 atom stereocenters. The van der Waals surface area contributed by atoms with Gasteiger partial charge in [-0.05, 0) is 0 Å². The van der Waals surface area contributed by atoms with E-state index in [4.69, 9.17) is 0 Å². The predicted octanol–water partition coefficient (Wildman–Crippen LogP) is 0.455. The van der Waals surface area contributed by atoms with Crippen molar-refractivity contribution in [2.45, 2.75) is 27.7 Å². The van der Waals surface area contributed by atoms with Crippen molar-refractivity contribution in [2.24, 2.45) is 0 Å². The summed E-state index contributed by atoms with van der Waals surface area (Å²) in [5, 5.41) is 0. The van der Waals surface area contributed by atoms with Gasteiger partial charge in [-0.1, -0.05) is 0 Å². The van der Waals surface area contributed by atoms with Gasteiger partial charge in [-0.2, -0.15) is 19.9 Å². The number of likely N-dealkylation sites (N-methyl/N-ethyl adjacent to an activating group) is 2. The van der Waals surface area contributed by atoms with Crippen LogP contribution in [0.4, 0.5) is 11.9 Å². The Morgan fingerprint density at radius 2 is 0.719 bits per heavy atom. The molecule has 12 heteroatoms. The average Bonchev–Trinajstić information content (AvgIpc) is 2.75. The highest BCUT2D eigenvalue weighted by Gasteiger charge is 2.44. The number of nitrogens with zero attached hydrogens (tertiary/aromatic N) is 8. The molecule has 1 fully saturated rings. The minimum Gasteiger partial charge on any atom is -0.291 e. The van der Waals surface area contributed by atoms with Crippen molar-refractivity contribution in [2.75, 3.05) is 40.3 Å². The zero-order chi connectivity index (χ0) is 23.8. The molecule has 0 N–H and O–H groups in total. The second kappa shape index (κ2) is 8.28. The van der Waals surface area contributed by atoms with Crippen molar-refractivity contribution in [3.63, 3.8) is 0 Å². The monoisotopic (exact) mass is 442 g/mol. The predicted molar refractivity (Wildman–Crippen MR) is 115 cm³/mol. The van der Waals surface area contributed by atoms with Crippen LogP contribution in [-0.4, -0.2) is 93.3 Å². The van der Waals surface area contributed by atoms with Gasteiger partial charge < -0.3 is 0 Å².